The molecule has 4 heteroatoms. The Balaban J connectivity index is 1.05. The van der Waals surface area contributed by atoms with Crippen molar-refractivity contribution in [3.8, 4) is 73.2 Å². The molecular weight excluding hydrogens is 621 g/mol. The van der Waals surface area contributed by atoms with Gasteiger partial charge < -0.3 is 4.57 Å². The van der Waals surface area contributed by atoms with Crippen LogP contribution in [0.4, 0.5) is 0 Å². The Morgan fingerprint density at radius 1 is 0.294 bits per heavy atom. The molecule has 9 rings (SSSR count). The van der Waals surface area contributed by atoms with Crippen molar-refractivity contribution < 1.29 is 0 Å². The standard InChI is InChI=1S/C47H32N4/c1-4-13-33(14-5-1)40-25-26-44-41(30-40)27-28-51(44)43-24-12-22-39(32-43)37-20-10-19-36(29-37)38-21-11-23-42(31-38)47-49-45(34-15-6-2-7-16-34)48-46(50-47)35-17-8-3-9-18-35/h1-32H. The number of hydrogen-bond acceptors (Lipinski definition) is 3. The number of aromatic nitrogens is 4. The molecular formula is C47H32N4. The molecule has 0 amide bonds. The fourth-order valence-electron chi connectivity index (χ4n) is 6.67. The van der Waals surface area contributed by atoms with Gasteiger partial charge in [-0.25, -0.2) is 15.0 Å². The highest BCUT2D eigenvalue weighted by atomic mass is 15.0. The molecule has 2 heterocycles. The summed E-state index contributed by atoms with van der Waals surface area (Å²) >= 11 is 0. The molecule has 4 nitrogen and oxygen atoms in total. The van der Waals surface area contributed by atoms with Gasteiger partial charge in [0.2, 0.25) is 0 Å². The van der Waals surface area contributed by atoms with E-state index in [1.54, 1.807) is 0 Å². The number of benzene rings is 7. The molecule has 9 aromatic rings. The van der Waals surface area contributed by atoms with E-state index in [2.05, 4.69) is 138 Å². The minimum atomic E-state index is 0.642. The van der Waals surface area contributed by atoms with Crippen LogP contribution in [0.1, 0.15) is 0 Å². The predicted octanol–water partition coefficient (Wildman–Crippen LogP) is 11.8. The van der Waals surface area contributed by atoms with Gasteiger partial charge in [0.15, 0.2) is 17.5 Å². The molecule has 0 aliphatic heterocycles. The first-order valence-electron chi connectivity index (χ1n) is 17.1. The smallest absolute Gasteiger partial charge is 0.164 e. The van der Waals surface area contributed by atoms with Crippen LogP contribution in [0, 0.1) is 0 Å². The molecule has 0 N–H and O–H groups in total. The van der Waals surface area contributed by atoms with E-state index >= 15 is 0 Å². The average Bonchev–Trinajstić information content (AvgIpc) is 3.65. The first kappa shape index (κ1) is 30.2. The largest absolute Gasteiger partial charge is 0.317 e. The van der Waals surface area contributed by atoms with Gasteiger partial charge in [-0.15, -0.1) is 0 Å². The summed E-state index contributed by atoms with van der Waals surface area (Å²) in [6, 6.07) is 65.5. The zero-order valence-corrected chi connectivity index (χ0v) is 27.8. The lowest BCUT2D eigenvalue weighted by Crippen LogP contribution is -2.00. The van der Waals surface area contributed by atoms with E-state index in [1.165, 1.54) is 22.0 Å². The second kappa shape index (κ2) is 13.2. The number of fused-ring (bicyclic) bond motifs is 1. The topological polar surface area (TPSA) is 43.6 Å². The maximum absolute atomic E-state index is 4.95. The van der Waals surface area contributed by atoms with Crippen LogP contribution in [0.25, 0.3) is 84.1 Å². The normalized spacial score (nSPS) is 11.1. The summed E-state index contributed by atoms with van der Waals surface area (Å²) in [7, 11) is 0. The zero-order valence-electron chi connectivity index (χ0n) is 27.8. The Morgan fingerprint density at radius 2 is 0.725 bits per heavy atom. The quantitative estimate of drug-likeness (QED) is 0.172. The highest BCUT2D eigenvalue weighted by Crippen LogP contribution is 2.32. The summed E-state index contributed by atoms with van der Waals surface area (Å²) < 4.78 is 2.27. The minimum Gasteiger partial charge on any atom is -0.317 e. The van der Waals surface area contributed by atoms with Gasteiger partial charge in [0.25, 0.3) is 0 Å². The molecule has 2 aromatic heterocycles. The maximum atomic E-state index is 4.95. The second-order valence-corrected chi connectivity index (χ2v) is 12.6. The minimum absolute atomic E-state index is 0.642. The molecule has 0 saturated carbocycles. The first-order valence-corrected chi connectivity index (χ1v) is 17.1. The molecule has 0 aliphatic rings. The molecule has 0 radical (unpaired) electrons. The van der Waals surface area contributed by atoms with Gasteiger partial charge in [0.1, 0.15) is 0 Å². The highest BCUT2D eigenvalue weighted by molar-refractivity contribution is 5.87. The van der Waals surface area contributed by atoms with Crippen LogP contribution >= 0.6 is 0 Å². The molecule has 7 aromatic carbocycles. The van der Waals surface area contributed by atoms with Gasteiger partial charge in [-0.1, -0.05) is 146 Å². The Bertz CT molecular complexity index is 2570. The summed E-state index contributed by atoms with van der Waals surface area (Å²) in [5.74, 6) is 1.95. The lowest BCUT2D eigenvalue weighted by atomic mass is 9.97. The molecule has 0 unspecified atom stereocenters. The third-order valence-electron chi connectivity index (χ3n) is 9.27. The van der Waals surface area contributed by atoms with Gasteiger partial charge in [0.05, 0.1) is 5.52 Å². The van der Waals surface area contributed by atoms with E-state index in [1.807, 2.05) is 60.7 Å². The monoisotopic (exact) mass is 652 g/mol. The van der Waals surface area contributed by atoms with Crippen LogP contribution in [0.5, 0.6) is 0 Å². The molecule has 0 aliphatic carbocycles. The summed E-state index contributed by atoms with van der Waals surface area (Å²) in [6.45, 7) is 0. The molecule has 0 spiro atoms. The lowest BCUT2D eigenvalue weighted by Gasteiger charge is -2.11. The molecule has 0 bridgehead atoms. The third kappa shape index (κ3) is 6.11. The molecule has 240 valence electrons. The molecule has 0 saturated heterocycles. The fourth-order valence-corrected chi connectivity index (χ4v) is 6.67. The van der Waals surface area contributed by atoms with Crippen molar-refractivity contribution in [2.75, 3.05) is 0 Å². The van der Waals surface area contributed by atoms with E-state index in [4.69, 9.17) is 15.0 Å². The van der Waals surface area contributed by atoms with E-state index in [0.717, 1.165) is 44.6 Å². The lowest BCUT2D eigenvalue weighted by molar-refractivity contribution is 1.07. The number of hydrogen-bond donors (Lipinski definition) is 0. The van der Waals surface area contributed by atoms with Crippen LogP contribution in [0.3, 0.4) is 0 Å². The zero-order chi connectivity index (χ0) is 34.0. The van der Waals surface area contributed by atoms with Gasteiger partial charge in [-0.05, 0) is 75.8 Å². The fraction of sp³-hybridized carbons (Fsp3) is 0. The van der Waals surface area contributed by atoms with Crippen molar-refractivity contribution in [2.24, 2.45) is 0 Å². The van der Waals surface area contributed by atoms with E-state index in [-0.39, 0.29) is 0 Å². The third-order valence-corrected chi connectivity index (χ3v) is 9.27. The molecule has 0 atom stereocenters. The van der Waals surface area contributed by atoms with Crippen LogP contribution < -0.4 is 0 Å². The predicted molar refractivity (Wildman–Crippen MR) is 209 cm³/mol. The Hall–Kier alpha value is -6.91. The van der Waals surface area contributed by atoms with Crippen LogP contribution in [-0.4, -0.2) is 19.5 Å². The number of nitrogens with zero attached hydrogens (tertiary/aromatic N) is 4. The summed E-state index contributed by atoms with van der Waals surface area (Å²) in [6.07, 6.45) is 2.16. The Labute approximate surface area is 297 Å². The number of rotatable bonds is 7. The summed E-state index contributed by atoms with van der Waals surface area (Å²) in [4.78, 5) is 14.8. The van der Waals surface area contributed by atoms with Gasteiger partial charge in [-0.2, -0.15) is 0 Å². The van der Waals surface area contributed by atoms with Crippen molar-refractivity contribution >= 4 is 10.9 Å². The van der Waals surface area contributed by atoms with Crippen LogP contribution in [0.15, 0.2) is 194 Å². The van der Waals surface area contributed by atoms with Gasteiger partial charge >= 0.3 is 0 Å². The van der Waals surface area contributed by atoms with Crippen LogP contribution in [-0.2, 0) is 0 Å². The van der Waals surface area contributed by atoms with Gasteiger partial charge in [-0.3, -0.25) is 0 Å². The van der Waals surface area contributed by atoms with Crippen molar-refractivity contribution in [1.29, 1.82) is 0 Å². The van der Waals surface area contributed by atoms with Crippen molar-refractivity contribution in [2.45, 2.75) is 0 Å². The van der Waals surface area contributed by atoms with Crippen LogP contribution in [0.2, 0.25) is 0 Å². The maximum Gasteiger partial charge on any atom is 0.164 e. The first-order chi connectivity index (χ1) is 25.2. The van der Waals surface area contributed by atoms with E-state index in [9.17, 15) is 0 Å². The Morgan fingerprint density at radius 3 is 1.31 bits per heavy atom. The van der Waals surface area contributed by atoms with E-state index in [0.29, 0.717) is 17.5 Å². The van der Waals surface area contributed by atoms with Crippen molar-refractivity contribution in [1.82, 2.24) is 19.5 Å². The van der Waals surface area contributed by atoms with Crippen molar-refractivity contribution in [3.05, 3.63) is 194 Å². The summed E-state index contributed by atoms with van der Waals surface area (Å²) in [5.41, 5.74) is 12.1. The average molecular weight is 653 g/mol. The van der Waals surface area contributed by atoms with Crippen molar-refractivity contribution in [3.63, 3.8) is 0 Å². The second-order valence-electron chi connectivity index (χ2n) is 12.6. The molecule has 0 fully saturated rings. The molecule has 51 heavy (non-hydrogen) atoms. The van der Waals surface area contributed by atoms with E-state index < -0.39 is 0 Å². The Kier molecular flexibility index (Phi) is 7.80. The summed E-state index contributed by atoms with van der Waals surface area (Å²) in [5, 5.41) is 1.22. The SMILES string of the molecule is c1ccc(-c2ccc3c(ccn3-c3cccc(-c4cccc(-c5cccc(-c6nc(-c7ccccc7)nc(-c7ccccc7)n6)c5)c4)c3)c2)cc1. The van der Waals surface area contributed by atoms with Gasteiger partial charge in [0, 0.05) is 34.0 Å². The highest BCUT2D eigenvalue weighted by Gasteiger charge is 2.13.